The lowest BCUT2D eigenvalue weighted by atomic mass is 9.70. The Labute approximate surface area is 267 Å². The number of allylic oxidation sites excluding steroid dienone is 1. The Morgan fingerprint density at radius 2 is 1.95 bits per heavy atom. The summed E-state index contributed by atoms with van der Waals surface area (Å²) in [6.45, 7) is 8.09. The lowest BCUT2D eigenvalue weighted by Gasteiger charge is -2.42. The van der Waals surface area contributed by atoms with Crippen molar-refractivity contribution in [3.8, 4) is 5.75 Å². The molecule has 1 fully saturated rings. The van der Waals surface area contributed by atoms with Gasteiger partial charge in [0.1, 0.15) is 12.4 Å². The third-order valence-corrected chi connectivity index (χ3v) is 9.79. The Balaban J connectivity index is 1.54. The van der Waals surface area contributed by atoms with E-state index in [-0.39, 0.29) is 35.4 Å². The SMILES string of the molecule is CC(C)COC(=O)c1ccc2c(c1)N(C[C@@H]1CC[C@H]1[C@@H](O)/C=C/C[C@H](C)CS(N)(=O)=O)CCCCc1cc(Cl)ccc1CO2. The Morgan fingerprint density at radius 1 is 1.16 bits per heavy atom. The molecule has 2 aromatic rings. The number of primary sulfonamides is 1. The fourth-order valence-electron chi connectivity index (χ4n) is 6.00. The van der Waals surface area contributed by atoms with Crippen LogP contribution in [0.4, 0.5) is 5.69 Å². The molecule has 1 heterocycles. The van der Waals surface area contributed by atoms with Crippen molar-refractivity contribution < 1.29 is 27.8 Å². The van der Waals surface area contributed by atoms with E-state index in [0.29, 0.717) is 36.0 Å². The second-order valence-corrected chi connectivity index (χ2v) is 15.0. The smallest absolute Gasteiger partial charge is 0.338 e. The molecule has 0 radical (unpaired) electrons. The van der Waals surface area contributed by atoms with Gasteiger partial charge in [-0.25, -0.2) is 18.4 Å². The largest absolute Gasteiger partial charge is 0.487 e. The number of nitrogens with two attached hydrogens (primary N) is 1. The molecule has 8 nitrogen and oxygen atoms in total. The van der Waals surface area contributed by atoms with Crippen LogP contribution in [0.2, 0.25) is 5.02 Å². The maximum absolute atomic E-state index is 12.9. The van der Waals surface area contributed by atoms with Gasteiger partial charge >= 0.3 is 5.97 Å². The number of halogens is 1. The molecule has 1 aliphatic carbocycles. The highest BCUT2D eigenvalue weighted by Crippen LogP contribution is 2.41. The van der Waals surface area contributed by atoms with Crippen LogP contribution in [0.1, 0.15) is 74.4 Å². The Kier molecular flexibility index (Phi) is 12.2. The fraction of sp³-hybridized carbons (Fsp3) is 0.559. The minimum absolute atomic E-state index is 0.0823. The highest BCUT2D eigenvalue weighted by Gasteiger charge is 2.36. The van der Waals surface area contributed by atoms with Gasteiger partial charge in [0.2, 0.25) is 10.0 Å². The first-order valence-electron chi connectivity index (χ1n) is 15.7. The maximum Gasteiger partial charge on any atom is 0.338 e. The number of carbonyl (C=O) groups excluding carboxylic acids is 1. The summed E-state index contributed by atoms with van der Waals surface area (Å²) >= 11 is 6.32. The van der Waals surface area contributed by atoms with E-state index >= 15 is 0 Å². The van der Waals surface area contributed by atoms with Crippen LogP contribution in [0, 0.1) is 23.7 Å². The van der Waals surface area contributed by atoms with Crippen molar-refractivity contribution in [3.05, 3.63) is 70.3 Å². The zero-order valence-electron chi connectivity index (χ0n) is 26.1. The molecule has 0 spiro atoms. The molecule has 3 N–H and O–H groups in total. The van der Waals surface area contributed by atoms with Crippen LogP contribution in [-0.4, -0.2) is 51.0 Å². The molecule has 1 saturated carbocycles. The number of carbonyl (C=O) groups is 1. The van der Waals surface area contributed by atoms with E-state index in [1.807, 2.05) is 57.2 Å². The quantitative estimate of drug-likeness (QED) is 0.223. The third kappa shape index (κ3) is 9.96. The topological polar surface area (TPSA) is 119 Å². The molecule has 0 saturated heterocycles. The number of aliphatic hydroxyl groups is 1. The van der Waals surface area contributed by atoms with E-state index in [9.17, 15) is 18.3 Å². The number of fused-ring (bicyclic) bond motifs is 2. The van der Waals surface area contributed by atoms with Gasteiger partial charge in [0.25, 0.3) is 0 Å². The van der Waals surface area contributed by atoms with E-state index in [1.165, 1.54) is 5.56 Å². The van der Waals surface area contributed by atoms with E-state index in [1.54, 1.807) is 12.1 Å². The predicted molar refractivity (Wildman–Crippen MR) is 176 cm³/mol. The number of anilines is 1. The number of hydrogen-bond acceptors (Lipinski definition) is 7. The van der Waals surface area contributed by atoms with Crippen LogP contribution in [0.25, 0.3) is 0 Å². The number of benzene rings is 2. The van der Waals surface area contributed by atoms with E-state index in [2.05, 4.69) is 4.90 Å². The van der Waals surface area contributed by atoms with Gasteiger partial charge < -0.3 is 19.5 Å². The first-order chi connectivity index (χ1) is 20.9. The zero-order chi connectivity index (χ0) is 31.9. The molecule has 10 heteroatoms. The van der Waals surface area contributed by atoms with Crippen LogP contribution >= 0.6 is 11.6 Å². The van der Waals surface area contributed by atoms with Crippen LogP contribution in [-0.2, 0) is 27.8 Å². The number of aryl methyl sites for hydroxylation is 1. The van der Waals surface area contributed by atoms with E-state index < -0.39 is 16.1 Å². The molecule has 2 aliphatic rings. The minimum atomic E-state index is -3.53. The summed E-state index contributed by atoms with van der Waals surface area (Å²) in [4.78, 5) is 15.3. The van der Waals surface area contributed by atoms with Crippen LogP contribution in [0.15, 0.2) is 48.6 Å². The van der Waals surface area contributed by atoms with Gasteiger partial charge in [0, 0.05) is 18.1 Å². The van der Waals surface area contributed by atoms with Crippen molar-refractivity contribution in [1.82, 2.24) is 0 Å². The number of rotatable bonds is 11. The highest BCUT2D eigenvalue weighted by molar-refractivity contribution is 7.89. The standard InChI is InChI=1S/C34H47ClN2O6S/c1-23(2)20-43-34(39)26-12-15-33-31(18-26)37(16-5-4-8-25-17-29(35)13-10-28(25)21-42-33)19-27-11-14-30(27)32(38)9-6-7-24(3)22-44(36,40)41/h6,9-10,12-13,15,17-18,23-24,27,30,32,38H,4-5,7-8,11,14,16,19-22H2,1-3H3,(H2,36,40,41)/b9-6+/t24-,27-,30+,32-/m0/s1. The zero-order valence-corrected chi connectivity index (χ0v) is 27.7. The molecular weight excluding hydrogens is 600 g/mol. The summed E-state index contributed by atoms with van der Waals surface area (Å²) in [6.07, 6.45) is 8.30. The summed E-state index contributed by atoms with van der Waals surface area (Å²) in [5, 5.41) is 16.9. The van der Waals surface area contributed by atoms with Crippen molar-refractivity contribution in [1.29, 1.82) is 0 Å². The lowest BCUT2D eigenvalue weighted by molar-refractivity contribution is 0.0459. The highest BCUT2D eigenvalue weighted by atomic mass is 35.5. The average molecular weight is 647 g/mol. The molecule has 2 aromatic carbocycles. The minimum Gasteiger partial charge on any atom is -0.487 e. The van der Waals surface area contributed by atoms with Crippen molar-refractivity contribution >= 4 is 33.3 Å². The Bertz CT molecular complexity index is 1410. The molecule has 0 bridgehead atoms. The van der Waals surface area contributed by atoms with Gasteiger partial charge in [-0.2, -0.15) is 0 Å². The maximum atomic E-state index is 12.9. The molecule has 0 aromatic heterocycles. The molecule has 1 aliphatic heterocycles. The number of sulfonamides is 1. The lowest BCUT2D eigenvalue weighted by Crippen LogP contribution is -2.43. The molecule has 0 amide bonds. The summed E-state index contributed by atoms with van der Waals surface area (Å²) in [5.41, 5.74) is 3.63. The van der Waals surface area contributed by atoms with Crippen LogP contribution in [0.3, 0.4) is 0 Å². The van der Waals surface area contributed by atoms with E-state index in [0.717, 1.165) is 56.4 Å². The second kappa shape index (κ2) is 15.6. The number of ether oxygens (including phenoxy) is 2. The molecule has 242 valence electrons. The van der Waals surface area contributed by atoms with Crippen molar-refractivity contribution in [2.75, 3.05) is 30.3 Å². The summed E-state index contributed by atoms with van der Waals surface area (Å²) < 4.78 is 34.7. The predicted octanol–water partition coefficient (Wildman–Crippen LogP) is 6.13. The Hall–Kier alpha value is -2.59. The van der Waals surface area contributed by atoms with Gasteiger partial charge in [-0.15, -0.1) is 0 Å². The molecule has 4 rings (SSSR count). The number of nitrogens with zero attached hydrogens (tertiary/aromatic N) is 1. The molecule has 4 atom stereocenters. The van der Waals surface area contributed by atoms with Crippen molar-refractivity contribution in [2.45, 2.75) is 72.0 Å². The van der Waals surface area contributed by atoms with Crippen LogP contribution in [0.5, 0.6) is 5.75 Å². The number of esters is 1. The molecule has 44 heavy (non-hydrogen) atoms. The summed E-state index contributed by atoms with van der Waals surface area (Å²) in [5.74, 6) is 0.725. The molecule has 0 unspecified atom stereocenters. The first-order valence-corrected chi connectivity index (χ1v) is 17.8. The third-order valence-electron chi connectivity index (χ3n) is 8.52. The van der Waals surface area contributed by atoms with Crippen molar-refractivity contribution in [3.63, 3.8) is 0 Å². The molecular formula is C34H47ClN2O6S. The van der Waals surface area contributed by atoms with Gasteiger partial charge in [0.05, 0.1) is 29.7 Å². The normalized spacial score (nSPS) is 20.6. The van der Waals surface area contributed by atoms with Gasteiger partial charge in [-0.3, -0.25) is 0 Å². The Morgan fingerprint density at radius 3 is 2.66 bits per heavy atom. The second-order valence-electron chi connectivity index (χ2n) is 12.9. The number of aliphatic hydroxyl groups excluding tert-OH is 1. The van der Waals surface area contributed by atoms with Gasteiger partial charge in [-0.05, 0) is 104 Å². The van der Waals surface area contributed by atoms with Gasteiger partial charge in [0.15, 0.2) is 0 Å². The van der Waals surface area contributed by atoms with E-state index in [4.69, 9.17) is 26.2 Å². The first kappa shape index (κ1) is 34.3. The monoisotopic (exact) mass is 646 g/mol. The van der Waals surface area contributed by atoms with Crippen molar-refractivity contribution in [2.24, 2.45) is 28.8 Å². The van der Waals surface area contributed by atoms with Crippen LogP contribution < -0.4 is 14.8 Å². The summed E-state index contributed by atoms with van der Waals surface area (Å²) in [6, 6.07) is 11.4. The summed E-state index contributed by atoms with van der Waals surface area (Å²) in [7, 11) is -3.53. The number of hydrogen-bond donors (Lipinski definition) is 2. The average Bonchev–Trinajstić information content (AvgIpc) is 2.96. The fourth-order valence-corrected chi connectivity index (χ4v) is 7.13. The van der Waals surface area contributed by atoms with Gasteiger partial charge in [-0.1, -0.05) is 50.6 Å².